The van der Waals surface area contributed by atoms with E-state index in [4.69, 9.17) is 24.7 Å². The number of hydrogen-bond acceptors (Lipinski definition) is 9. The summed E-state index contributed by atoms with van der Waals surface area (Å²) in [6.07, 6.45) is 5.87. The molecule has 0 radical (unpaired) electrons. The van der Waals surface area contributed by atoms with E-state index in [2.05, 4.69) is 0 Å². The van der Waals surface area contributed by atoms with Crippen molar-refractivity contribution < 1.29 is 38.1 Å². The molecule has 1 atom stereocenters. The lowest BCUT2D eigenvalue weighted by Gasteiger charge is -2.27. The number of carbonyl (C=O) groups excluding carboxylic acids is 4. The predicted octanol–water partition coefficient (Wildman–Crippen LogP) is 5.44. The standard InChI is InChI=1S/C30H47NO8/c1-7-9-11-13-25(32)38-23-16-15-22(19-24(23)39-26(33)14-12-10-8-2)20-30(31,28(35)36-6)17-18-37-27(34)21-29(3,4)5/h15-16,19H,7-14,17-18,20-21,31H2,1-6H3/t30-/m1/s1. The summed E-state index contributed by atoms with van der Waals surface area (Å²) in [7, 11) is 1.24. The lowest BCUT2D eigenvalue weighted by Crippen LogP contribution is -2.51. The van der Waals surface area contributed by atoms with Crippen LogP contribution in [0.15, 0.2) is 18.2 Å². The molecule has 1 aromatic rings. The number of ether oxygens (including phenoxy) is 4. The molecule has 220 valence electrons. The molecule has 0 fully saturated rings. The fraction of sp³-hybridized carbons (Fsp3) is 0.667. The first-order valence-electron chi connectivity index (χ1n) is 13.9. The maximum Gasteiger partial charge on any atom is 0.326 e. The van der Waals surface area contributed by atoms with Crippen LogP contribution in [-0.2, 0) is 35.1 Å². The Labute approximate surface area is 233 Å². The summed E-state index contributed by atoms with van der Waals surface area (Å²) < 4.78 is 21.3. The monoisotopic (exact) mass is 549 g/mol. The maximum atomic E-state index is 12.6. The van der Waals surface area contributed by atoms with Crippen molar-refractivity contribution in [3.63, 3.8) is 0 Å². The van der Waals surface area contributed by atoms with E-state index in [1.54, 1.807) is 12.1 Å². The second-order valence-electron chi connectivity index (χ2n) is 11.2. The number of methoxy groups -OCH3 is 1. The van der Waals surface area contributed by atoms with Gasteiger partial charge in [0.25, 0.3) is 0 Å². The topological polar surface area (TPSA) is 131 Å². The highest BCUT2D eigenvalue weighted by Gasteiger charge is 2.36. The molecule has 9 heteroatoms. The van der Waals surface area contributed by atoms with Crippen molar-refractivity contribution in [1.29, 1.82) is 0 Å². The minimum atomic E-state index is -1.50. The molecule has 0 aromatic heterocycles. The van der Waals surface area contributed by atoms with Gasteiger partial charge in [-0.15, -0.1) is 0 Å². The SMILES string of the molecule is CCCCCC(=O)Oc1ccc(C[C@](N)(CCOC(=O)CC(C)(C)C)C(=O)OC)cc1OC(=O)CCCCC. The molecule has 0 unspecified atom stereocenters. The van der Waals surface area contributed by atoms with E-state index in [1.807, 2.05) is 34.6 Å². The van der Waals surface area contributed by atoms with Gasteiger partial charge in [0.15, 0.2) is 11.5 Å². The van der Waals surface area contributed by atoms with Crippen LogP contribution in [0.1, 0.15) is 104 Å². The first-order valence-corrected chi connectivity index (χ1v) is 13.9. The summed E-state index contributed by atoms with van der Waals surface area (Å²) in [4.78, 5) is 49.6. The van der Waals surface area contributed by atoms with Gasteiger partial charge in [-0.25, -0.2) is 0 Å². The Morgan fingerprint density at radius 1 is 0.821 bits per heavy atom. The van der Waals surface area contributed by atoms with Crippen molar-refractivity contribution in [3.8, 4) is 11.5 Å². The Hall–Kier alpha value is -2.94. The molecule has 0 aliphatic heterocycles. The van der Waals surface area contributed by atoms with E-state index in [1.165, 1.54) is 13.2 Å². The van der Waals surface area contributed by atoms with Crippen molar-refractivity contribution in [2.24, 2.45) is 11.1 Å². The lowest BCUT2D eigenvalue weighted by molar-refractivity contribution is -0.152. The molecule has 39 heavy (non-hydrogen) atoms. The fourth-order valence-electron chi connectivity index (χ4n) is 3.87. The van der Waals surface area contributed by atoms with E-state index in [0.717, 1.165) is 25.7 Å². The van der Waals surface area contributed by atoms with Crippen molar-refractivity contribution in [3.05, 3.63) is 23.8 Å². The third kappa shape index (κ3) is 13.6. The fourth-order valence-corrected chi connectivity index (χ4v) is 3.87. The highest BCUT2D eigenvalue weighted by atomic mass is 16.6. The Morgan fingerprint density at radius 3 is 1.90 bits per heavy atom. The lowest BCUT2D eigenvalue weighted by atomic mass is 9.88. The molecule has 9 nitrogen and oxygen atoms in total. The average molecular weight is 550 g/mol. The molecule has 0 aliphatic rings. The first kappa shape index (κ1) is 34.1. The molecule has 0 amide bonds. The van der Waals surface area contributed by atoms with E-state index in [-0.39, 0.29) is 61.6 Å². The highest BCUT2D eigenvalue weighted by molar-refractivity contribution is 5.81. The van der Waals surface area contributed by atoms with Gasteiger partial charge in [-0.05, 0) is 36.0 Å². The van der Waals surface area contributed by atoms with Crippen molar-refractivity contribution in [2.45, 2.75) is 111 Å². The van der Waals surface area contributed by atoms with E-state index in [9.17, 15) is 19.2 Å². The molecule has 2 N–H and O–H groups in total. The summed E-state index contributed by atoms with van der Waals surface area (Å²) in [5, 5.41) is 0. The van der Waals surface area contributed by atoms with Crippen LogP contribution in [0.5, 0.6) is 11.5 Å². The third-order valence-electron chi connectivity index (χ3n) is 6.02. The Morgan fingerprint density at radius 2 is 1.38 bits per heavy atom. The van der Waals surface area contributed by atoms with Crippen LogP contribution in [0.3, 0.4) is 0 Å². The minimum Gasteiger partial charge on any atom is -0.468 e. The number of rotatable bonds is 17. The smallest absolute Gasteiger partial charge is 0.326 e. The van der Waals surface area contributed by atoms with Crippen LogP contribution >= 0.6 is 0 Å². The third-order valence-corrected chi connectivity index (χ3v) is 6.02. The van der Waals surface area contributed by atoms with Crippen LogP contribution in [-0.4, -0.2) is 43.1 Å². The zero-order valence-electron chi connectivity index (χ0n) is 24.6. The highest BCUT2D eigenvalue weighted by Crippen LogP contribution is 2.31. The van der Waals surface area contributed by atoms with Crippen LogP contribution < -0.4 is 15.2 Å². The van der Waals surface area contributed by atoms with Gasteiger partial charge in [-0.3, -0.25) is 19.2 Å². The second kappa shape index (κ2) is 16.9. The number of hydrogen-bond donors (Lipinski definition) is 1. The Bertz CT molecular complexity index is 953. The van der Waals surface area contributed by atoms with E-state index < -0.39 is 23.4 Å². The van der Waals surface area contributed by atoms with Gasteiger partial charge in [-0.2, -0.15) is 0 Å². The minimum absolute atomic E-state index is 0.0155. The molecular weight excluding hydrogens is 502 g/mol. The van der Waals surface area contributed by atoms with Gasteiger partial charge in [0, 0.05) is 25.7 Å². The Balaban J connectivity index is 3.10. The maximum absolute atomic E-state index is 12.6. The summed E-state index contributed by atoms with van der Waals surface area (Å²) in [5.41, 5.74) is 5.29. The van der Waals surface area contributed by atoms with Gasteiger partial charge < -0.3 is 24.7 Å². The molecule has 0 bridgehead atoms. The molecule has 0 aliphatic carbocycles. The van der Waals surface area contributed by atoms with Gasteiger partial charge in [0.1, 0.15) is 5.54 Å². The van der Waals surface area contributed by atoms with Crippen molar-refractivity contribution >= 4 is 23.9 Å². The molecular formula is C30H47NO8. The quantitative estimate of drug-likeness (QED) is 0.153. The normalized spacial score (nSPS) is 12.8. The number of esters is 4. The number of nitrogens with two attached hydrogens (primary N) is 1. The van der Waals surface area contributed by atoms with Crippen LogP contribution in [0.25, 0.3) is 0 Å². The van der Waals surface area contributed by atoms with Crippen molar-refractivity contribution in [1.82, 2.24) is 0 Å². The predicted molar refractivity (Wildman–Crippen MR) is 148 cm³/mol. The summed E-state index contributed by atoms with van der Waals surface area (Å²) >= 11 is 0. The average Bonchev–Trinajstić information content (AvgIpc) is 2.84. The zero-order valence-corrected chi connectivity index (χ0v) is 24.6. The molecule has 0 saturated heterocycles. The number of benzene rings is 1. The molecule has 0 spiro atoms. The number of carbonyl (C=O) groups is 4. The molecule has 1 aromatic carbocycles. The molecule has 1 rings (SSSR count). The zero-order chi connectivity index (χ0) is 29.5. The van der Waals surface area contributed by atoms with Gasteiger partial charge in [-0.1, -0.05) is 66.4 Å². The molecule has 0 heterocycles. The van der Waals surface area contributed by atoms with Gasteiger partial charge in [0.2, 0.25) is 0 Å². The summed E-state index contributed by atoms with van der Waals surface area (Å²) in [6.45, 7) is 9.80. The van der Waals surface area contributed by atoms with Crippen LogP contribution in [0, 0.1) is 5.41 Å². The summed E-state index contributed by atoms with van der Waals surface area (Å²) in [6, 6.07) is 4.73. The van der Waals surface area contributed by atoms with Crippen molar-refractivity contribution in [2.75, 3.05) is 13.7 Å². The Kier molecular flexibility index (Phi) is 14.8. The van der Waals surface area contributed by atoms with Crippen LogP contribution in [0.2, 0.25) is 0 Å². The van der Waals surface area contributed by atoms with Gasteiger partial charge in [0.05, 0.1) is 20.1 Å². The van der Waals surface area contributed by atoms with E-state index in [0.29, 0.717) is 18.4 Å². The van der Waals surface area contributed by atoms with Gasteiger partial charge >= 0.3 is 23.9 Å². The second-order valence-corrected chi connectivity index (χ2v) is 11.2. The summed E-state index contributed by atoms with van der Waals surface area (Å²) in [5.74, 6) is -1.69. The number of unbranched alkanes of at least 4 members (excludes halogenated alkanes) is 4. The van der Waals surface area contributed by atoms with Crippen LogP contribution in [0.4, 0.5) is 0 Å². The largest absolute Gasteiger partial charge is 0.468 e. The first-order chi connectivity index (χ1) is 18.3. The molecule has 0 saturated carbocycles. The van der Waals surface area contributed by atoms with E-state index >= 15 is 0 Å².